The van der Waals surface area contributed by atoms with Gasteiger partial charge in [-0.25, -0.2) is 0 Å². The monoisotopic (exact) mass is 241 g/mol. The Kier molecular flexibility index (Phi) is 2.38. The van der Waals surface area contributed by atoms with Crippen molar-refractivity contribution in [3.8, 4) is 0 Å². The molecule has 1 aromatic carbocycles. The lowest BCUT2D eigenvalue weighted by molar-refractivity contribution is 0.103. The maximum absolute atomic E-state index is 12.2. The van der Waals surface area contributed by atoms with Crippen molar-refractivity contribution in [3.05, 3.63) is 54.0 Å². The maximum Gasteiger partial charge on any atom is 0.214 e. The number of carbonyl (C=O) groups is 1. The molecule has 0 aliphatic heterocycles. The molecule has 3 rings (SSSR count). The first kappa shape index (κ1) is 10.0. The van der Waals surface area contributed by atoms with E-state index in [0.717, 1.165) is 22.6 Å². The number of rotatable bonds is 2. The van der Waals surface area contributed by atoms with E-state index in [0.29, 0.717) is 11.3 Å². The summed E-state index contributed by atoms with van der Waals surface area (Å²) in [7, 11) is 0. The zero-order chi connectivity index (χ0) is 11.7. The Hall–Kier alpha value is -2.14. The van der Waals surface area contributed by atoms with E-state index in [-0.39, 0.29) is 5.78 Å². The molecule has 17 heavy (non-hydrogen) atoms. The van der Waals surface area contributed by atoms with Crippen molar-refractivity contribution in [1.82, 2.24) is 13.7 Å². The average molecular weight is 241 g/mol. The number of ketones is 1. The number of benzene rings is 1. The lowest BCUT2D eigenvalue weighted by atomic mass is 10.0. The number of pyridine rings is 1. The van der Waals surface area contributed by atoms with Crippen molar-refractivity contribution < 1.29 is 4.79 Å². The average Bonchev–Trinajstić information content (AvgIpc) is 2.91. The van der Waals surface area contributed by atoms with Crippen molar-refractivity contribution in [2.24, 2.45) is 0 Å². The number of hydrogen-bond donors (Lipinski definition) is 0. The first-order chi connectivity index (χ1) is 8.36. The summed E-state index contributed by atoms with van der Waals surface area (Å²) in [5, 5.41) is 0.841. The highest BCUT2D eigenvalue weighted by Gasteiger charge is 2.14. The predicted octanol–water partition coefficient (Wildman–Crippen LogP) is 2.32. The van der Waals surface area contributed by atoms with E-state index in [1.807, 2.05) is 24.3 Å². The van der Waals surface area contributed by atoms with Crippen molar-refractivity contribution >= 4 is 28.4 Å². The summed E-state index contributed by atoms with van der Waals surface area (Å²) in [4.78, 5) is 16.4. The zero-order valence-electron chi connectivity index (χ0n) is 8.70. The largest absolute Gasteiger partial charge is 0.287 e. The van der Waals surface area contributed by atoms with Crippen LogP contribution in [0, 0.1) is 0 Å². The van der Waals surface area contributed by atoms with E-state index in [4.69, 9.17) is 0 Å². The van der Waals surface area contributed by atoms with Crippen LogP contribution in [-0.2, 0) is 0 Å². The maximum atomic E-state index is 12.2. The lowest BCUT2D eigenvalue weighted by Gasteiger charge is -2.02. The topological polar surface area (TPSA) is 55.7 Å². The predicted molar refractivity (Wildman–Crippen MR) is 65.1 cm³/mol. The van der Waals surface area contributed by atoms with Gasteiger partial charge in [0, 0.05) is 17.1 Å². The summed E-state index contributed by atoms with van der Waals surface area (Å²) >= 11 is 1.03. The number of carbonyl (C=O) groups excluding carboxylic acids is 1. The SMILES string of the molecule is O=C(c1cnsn1)c1cccc2ncccc12. The molecule has 5 heteroatoms. The second-order valence-corrected chi connectivity index (χ2v) is 4.05. The second kappa shape index (κ2) is 4.03. The van der Waals surface area contributed by atoms with Crippen LogP contribution in [0.5, 0.6) is 0 Å². The molecule has 0 amide bonds. The van der Waals surface area contributed by atoms with Gasteiger partial charge in [-0.1, -0.05) is 18.2 Å². The molecular weight excluding hydrogens is 234 g/mol. The molecule has 0 atom stereocenters. The van der Waals surface area contributed by atoms with Crippen LogP contribution < -0.4 is 0 Å². The van der Waals surface area contributed by atoms with Gasteiger partial charge in [-0.3, -0.25) is 9.78 Å². The van der Waals surface area contributed by atoms with Gasteiger partial charge in [-0.05, 0) is 12.1 Å². The molecule has 0 saturated heterocycles. The van der Waals surface area contributed by atoms with Crippen LogP contribution in [0.1, 0.15) is 16.1 Å². The van der Waals surface area contributed by atoms with E-state index in [1.165, 1.54) is 6.20 Å². The molecule has 0 aliphatic rings. The highest BCUT2D eigenvalue weighted by Crippen LogP contribution is 2.19. The Morgan fingerprint density at radius 1 is 1.18 bits per heavy atom. The lowest BCUT2D eigenvalue weighted by Crippen LogP contribution is -2.02. The van der Waals surface area contributed by atoms with Gasteiger partial charge in [-0.15, -0.1) is 0 Å². The molecular formula is C12H7N3OS. The van der Waals surface area contributed by atoms with E-state index in [9.17, 15) is 4.79 Å². The molecule has 3 aromatic rings. The molecule has 0 unspecified atom stereocenters. The van der Waals surface area contributed by atoms with E-state index in [1.54, 1.807) is 12.3 Å². The van der Waals surface area contributed by atoms with E-state index in [2.05, 4.69) is 13.7 Å². The highest BCUT2D eigenvalue weighted by molar-refractivity contribution is 6.99. The third kappa shape index (κ3) is 1.70. The van der Waals surface area contributed by atoms with Crippen LogP contribution >= 0.6 is 11.7 Å². The Labute approximate surface area is 101 Å². The summed E-state index contributed by atoms with van der Waals surface area (Å²) in [5.74, 6) is -0.114. The number of nitrogens with zero attached hydrogens (tertiary/aromatic N) is 3. The van der Waals surface area contributed by atoms with Crippen molar-refractivity contribution in [3.63, 3.8) is 0 Å². The molecule has 82 valence electrons. The molecule has 2 heterocycles. The Balaban J connectivity index is 2.21. The van der Waals surface area contributed by atoms with Gasteiger partial charge in [0.15, 0.2) is 0 Å². The third-order valence-electron chi connectivity index (χ3n) is 2.48. The first-order valence-corrected chi connectivity index (χ1v) is 5.75. The molecule has 0 fully saturated rings. The van der Waals surface area contributed by atoms with Gasteiger partial charge in [0.2, 0.25) is 5.78 Å². The Morgan fingerprint density at radius 2 is 2.12 bits per heavy atom. The van der Waals surface area contributed by atoms with Crippen LogP contribution in [0.15, 0.2) is 42.7 Å². The molecule has 0 spiro atoms. The van der Waals surface area contributed by atoms with Crippen LogP contribution in [0.3, 0.4) is 0 Å². The molecule has 4 nitrogen and oxygen atoms in total. The van der Waals surface area contributed by atoms with E-state index >= 15 is 0 Å². The van der Waals surface area contributed by atoms with Crippen LogP contribution in [0.25, 0.3) is 10.9 Å². The smallest absolute Gasteiger partial charge is 0.214 e. The number of fused-ring (bicyclic) bond motifs is 1. The van der Waals surface area contributed by atoms with Gasteiger partial charge in [-0.2, -0.15) is 8.75 Å². The summed E-state index contributed by atoms with van der Waals surface area (Å²) < 4.78 is 7.80. The fraction of sp³-hybridized carbons (Fsp3) is 0. The van der Waals surface area contributed by atoms with Crippen LogP contribution in [0.4, 0.5) is 0 Å². The van der Waals surface area contributed by atoms with Crippen molar-refractivity contribution in [2.75, 3.05) is 0 Å². The summed E-state index contributed by atoms with van der Waals surface area (Å²) in [6.45, 7) is 0. The van der Waals surface area contributed by atoms with E-state index < -0.39 is 0 Å². The minimum Gasteiger partial charge on any atom is -0.287 e. The third-order valence-corrected chi connectivity index (χ3v) is 2.96. The molecule has 0 radical (unpaired) electrons. The van der Waals surface area contributed by atoms with Gasteiger partial charge in [0.25, 0.3) is 0 Å². The van der Waals surface area contributed by atoms with Crippen LogP contribution in [-0.4, -0.2) is 19.5 Å². The highest BCUT2D eigenvalue weighted by atomic mass is 32.1. The summed E-state index contributed by atoms with van der Waals surface area (Å²) in [6, 6.07) is 9.19. The van der Waals surface area contributed by atoms with Crippen LogP contribution in [0.2, 0.25) is 0 Å². The molecule has 0 aliphatic carbocycles. The second-order valence-electron chi connectivity index (χ2n) is 3.50. The fourth-order valence-corrected chi connectivity index (χ4v) is 2.12. The zero-order valence-corrected chi connectivity index (χ0v) is 9.52. The van der Waals surface area contributed by atoms with Gasteiger partial charge in [0.05, 0.1) is 23.4 Å². The molecule has 2 aromatic heterocycles. The first-order valence-electron chi connectivity index (χ1n) is 5.02. The molecule has 0 N–H and O–H groups in total. The molecule has 0 bridgehead atoms. The normalized spacial score (nSPS) is 10.6. The summed E-state index contributed by atoms with van der Waals surface area (Å²) in [6.07, 6.45) is 3.20. The Bertz CT molecular complexity index is 674. The number of aromatic nitrogens is 3. The minimum atomic E-state index is -0.114. The van der Waals surface area contributed by atoms with Gasteiger partial charge in [0.1, 0.15) is 5.69 Å². The van der Waals surface area contributed by atoms with Gasteiger partial charge < -0.3 is 0 Å². The van der Waals surface area contributed by atoms with Gasteiger partial charge >= 0.3 is 0 Å². The fourth-order valence-electron chi connectivity index (χ4n) is 1.70. The standard InChI is InChI=1S/C12H7N3OS/c16-12(11-7-14-17-15-11)9-3-1-5-10-8(9)4-2-6-13-10/h1-7H. The summed E-state index contributed by atoms with van der Waals surface area (Å²) in [5.41, 5.74) is 1.80. The molecule has 0 saturated carbocycles. The quantitative estimate of drug-likeness (QED) is 0.646. The minimum absolute atomic E-state index is 0.114. The van der Waals surface area contributed by atoms with Crippen molar-refractivity contribution in [1.29, 1.82) is 0 Å². The number of hydrogen-bond acceptors (Lipinski definition) is 5. The Morgan fingerprint density at radius 3 is 2.94 bits per heavy atom. The van der Waals surface area contributed by atoms with Crippen molar-refractivity contribution in [2.45, 2.75) is 0 Å².